The third-order valence-electron chi connectivity index (χ3n) is 2.49. The van der Waals surface area contributed by atoms with Crippen molar-refractivity contribution in [2.45, 2.75) is 25.8 Å². The van der Waals surface area contributed by atoms with Crippen molar-refractivity contribution in [2.24, 2.45) is 0 Å². The molecular formula is C12H15Br2NO2. The van der Waals surface area contributed by atoms with Crippen LogP contribution in [0, 0.1) is 0 Å². The Kier molecular flexibility index (Phi) is 5.98. The number of halogens is 2. The number of alkyl halides is 1. The summed E-state index contributed by atoms with van der Waals surface area (Å²) in [5.41, 5.74) is 0.307. The van der Waals surface area contributed by atoms with Crippen LogP contribution in [0.2, 0.25) is 0 Å². The zero-order valence-electron chi connectivity index (χ0n) is 9.54. The third-order valence-corrected chi connectivity index (χ3v) is 3.44. The van der Waals surface area contributed by atoms with E-state index in [0.29, 0.717) is 5.56 Å². The quantitative estimate of drug-likeness (QED) is 0.786. The molecule has 0 fully saturated rings. The van der Waals surface area contributed by atoms with Gasteiger partial charge in [-0.2, -0.15) is 0 Å². The summed E-state index contributed by atoms with van der Waals surface area (Å²) in [7, 11) is 0. The molecule has 1 unspecified atom stereocenters. The van der Waals surface area contributed by atoms with Gasteiger partial charge in [0.25, 0.3) is 5.91 Å². The summed E-state index contributed by atoms with van der Waals surface area (Å²) in [6.07, 6.45) is 1.74. The van der Waals surface area contributed by atoms with Gasteiger partial charge in [-0.25, -0.2) is 0 Å². The van der Waals surface area contributed by atoms with Gasteiger partial charge in [0.1, 0.15) is 5.75 Å². The summed E-state index contributed by atoms with van der Waals surface area (Å²) in [5, 5.41) is 13.4. The number of carbonyl (C=O) groups is 1. The minimum atomic E-state index is -0.234. The molecule has 17 heavy (non-hydrogen) atoms. The van der Waals surface area contributed by atoms with Crippen LogP contribution in [0.15, 0.2) is 22.7 Å². The van der Waals surface area contributed by atoms with Crippen molar-refractivity contribution in [1.82, 2.24) is 5.32 Å². The van der Waals surface area contributed by atoms with Crippen molar-refractivity contribution in [2.75, 3.05) is 5.33 Å². The van der Waals surface area contributed by atoms with Gasteiger partial charge in [-0.1, -0.05) is 38.8 Å². The van der Waals surface area contributed by atoms with E-state index in [1.54, 1.807) is 12.1 Å². The number of phenolic OH excluding ortho intramolecular Hbond substituents is 1. The highest BCUT2D eigenvalue weighted by Crippen LogP contribution is 2.22. The second-order valence-electron chi connectivity index (χ2n) is 3.72. The minimum Gasteiger partial charge on any atom is -0.507 e. The van der Waals surface area contributed by atoms with Gasteiger partial charge in [0.2, 0.25) is 0 Å². The highest BCUT2D eigenvalue weighted by molar-refractivity contribution is 9.10. The predicted molar refractivity (Wildman–Crippen MR) is 75.8 cm³/mol. The van der Waals surface area contributed by atoms with Crippen LogP contribution in [-0.4, -0.2) is 22.4 Å². The van der Waals surface area contributed by atoms with Gasteiger partial charge >= 0.3 is 0 Å². The summed E-state index contributed by atoms with van der Waals surface area (Å²) in [4.78, 5) is 11.9. The normalized spacial score (nSPS) is 12.2. The van der Waals surface area contributed by atoms with Crippen LogP contribution in [0.25, 0.3) is 0 Å². The highest BCUT2D eigenvalue weighted by atomic mass is 79.9. The molecule has 1 aromatic carbocycles. The fraction of sp³-hybridized carbons (Fsp3) is 0.417. The number of carbonyl (C=O) groups excluding carboxylic acids is 1. The summed E-state index contributed by atoms with van der Waals surface area (Å²) >= 11 is 6.59. The van der Waals surface area contributed by atoms with E-state index >= 15 is 0 Å². The van der Waals surface area contributed by atoms with Crippen LogP contribution in [0.5, 0.6) is 5.75 Å². The minimum absolute atomic E-state index is 0.00873. The van der Waals surface area contributed by atoms with Crippen molar-refractivity contribution in [3.05, 3.63) is 28.2 Å². The maximum Gasteiger partial charge on any atom is 0.255 e. The summed E-state index contributed by atoms with van der Waals surface area (Å²) in [6.45, 7) is 2.02. The van der Waals surface area contributed by atoms with Gasteiger partial charge in [-0.3, -0.25) is 4.79 Å². The Bertz CT molecular complexity index is 396. The molecule has 5 heteroatoms. The number of phenols is 1. The molecule has 1 amide bonds. The second-order valence-corrected chi connectivity index (χ2v) is 5.43. The molecule has 0 aliphatic rings. The molecule has 0 aliphatic heterocycles. The van der Waals surface area contributed by atoms with E-state index in [1.165, 1.54) is 6.07 Å². The molecule has 1 atom stereocenters. The van der Waals surface area contributed by atoms with E-state index in [-0.39, 0.29) is 17.7 Å². The first kappa shape index (κ1) is 14.5. The van der Waals surface area contributed by atoms with E-state index in [9.17, 15) is 9.90 Å². The van der Waals surface area contributed by atoms with Gasteiger partial charge in [0, 0.05) is 15.8 Å². The molecule has 0 saturated heterocycles. The van der Waals surface area contributed by atoms with E-state index in [4.69, 9.17) is 0 Å². The van der Waals surface area contributed by atoms with Crippen molar-refractivity contribution in [3.8, 4) is 5.75 Å². The number of amides is 1. The Morgan fingerprint density at radius 1 is 1.53 bits per heavy atom. The lowest BCUT2D eigenvalue weighted by molar-refractivity contribution is 0.0932. The number of hydrogen-bond donors (Lipinski definition) is 2. The van der Waals surface area contributed by atoms with Crippen LogP contribution in [-0.2, 0) is 0 Å². The molecule has 0 heterocycles. The van der Waals surface area contributed by atoms with Gasteiger partial charge in [-0.15, -0.1) is 0 Å². The fourth-order valence-electron chi connectivity index (χ4n) is 1.47. The first-order valence-electron chi connectivity index (χ1n) is 5.43. The van der Waals surface area contributed by atoms with E-state index in [1.807, 2.05) is 6.92 Å². The van der Waals surface area contributed by atoms with Gasteiger partial charge in [0.15, 0.2) is 0 Å². The molecule has 3 nitrogen and oxygen atoms in total. The second kappa shape index (κ2) is 7.01. The molecule has 1 aromatic rings. The Morgan fingerprint density at radius 3 is 2.76 bits per heavy atom. The highest BCUT2D eigenvalue weighted by Gasteiger charge is 2.14. The predicted octanol–water partition coefficient (Wildman–Crippen LogP) is 3.45. The Balaban J connectivity index is 2.75. The van der Waals surface area contributed by atoms with Crippen LogP contribution >= 0.6 is 31.9 Å². The summed E-state index contributed by atoms with van der Waals surface area (Å²) in [5.74, 6) is -0.242. The molecule has 0 saturated carbocycles. The topological polar surface area (TPSA) is 49.3 Å². The molecular weight excluding hydrogens is 350 g/mol. The van der Waals surface area contributed by atoms with Crippen molar-refractivity contribution in [3.63, 3.8) is 0 Å². The number of benzene rings is 1. The first-order valence-corrected chi connectivity index (χ1v) is 7.35. The zero-order chi connectivity index (χ0) is 12.8. The maximum atomic E-state index is 11.9. The molecule has 0 bridgehead atoms. The van der Waals surface area contributed by atoms with E-state index < -0.39 is 0 Å². The average molecular weight is 365 g/mol. The molecule has 0 aliphatic carbocycles. The molecule has 0 radical (unpaired) electrons. The van der Waals surface area contributed by atoms with Crippen LogP contribution in [0.4, 0.5) is 0 Å². The molecule has 2 N–H and O–H groups in total. The maximum absolute atomic E-state index is 11.9. The number of nitrogens with one attached hydrogen (secondary N) is 1. The summed E-state index contributed by atoms with van der Waals surface area (Å²) < 4.78 is 0.749. The number of hydrogen-bond acceptors (Lipinski definition) is 2. The summed E-state index contributed by atoms with van der Waals surface area (Å²) in [6, 6.07) is 4.99. The van der Waals surface area contributed by atoms with E-state index in [0.717, 1.165) is 22.6 Å². The van der Waals surface area contributed by atoms with Gasteiger partial charge < -0.3 is 10.4 Å². The third kappa shape index (κ3) is 4.32. The fourth-order valence-corrected chi connectivity index (χ4v) is 2.37. The zero-order valence-corrected chi connectivity index (χ0v) is 12.7. The Labute approximate surface area is 118 Å². The Hall–Kier alpha value is -0.550. The van der Waals surface area contributed by atoms with Crippen molar-refractivity contribution >= 4 is 37.8 Å². The molecule has 1 rings (SSSR count). The smallest absolute Gasteiger partial charge is 0.255 e. The van der Waals surface area contributed by atoms with Crippen LogP contribution in [0.3, 0.4) is 0 Å². The van der Waals surface area contributed by atoms with E-state index in [2.05, 4.69) is 37.2 Å². The lowest BCUT2D eigenvalue weighted by atomic mass is 10.1. The Morgan fingerprint density at radius 2 is 2.24 bits per heavy atom. The van der Waals surface area contributed by atoms with Crippen LogP contribution < -0.4 is 5.32 Å². The van der Waals surface area contributed by atoms with Crippen molar-refractivity contribution < 1.29 is 9.90 Å². The number of rotatable bonds is 5. The molecule has 0 aromatic heterocycles. The molecule has 0 spiro atoms. The van der Waals surface area contributed by atoms with Gasteiger partial charge in [0.05, 0.1) is 5.56 Å². The van der Waals surface area contributed by atoms with Crippen LogP contribution in [0.1, 0.15) is 30.1 Å². The average Bonchev–Trinajstić information content (AvgIpc) is 2.28. The lowest BCUT2D eigenvalue weighted by Crippen LogP contribution is -2.34. The SMILES string of the molecule is CCC(CCBr)NC(=O)c1ccc(Br)cc1O. The van der Waals surface area contributed by atoms with Gasteiger partial charge in [-0.05, 0) is 31.0 Å². The number of aromatic hydroxyl groups is 1. The molecule has 94 valence electrons. The first-order chi connectivity index (χ1) is 8.08. The van der Waals surface area contributed by atoms with Crippen molar-refractivity contribution in [1.29, 1.82) is 0 Å². The standard InChI is InChI=1S/C12H15Br2NO2/c1-2-9(5-6-13)15-12(17)10-4-3-8(14)7-11(10)16/h3-4,7,9,16H,2,5-6H2,1H3,(H,15,17). The monoisotopic (exact) mass is 363 g/mol. The largest absolute Gasteiger partial charge is 0.507 e. The lowest BCUT2D eigenvalue weighted by Gasteiger charge is -2.16.